The first-order valence-corrected chi connectivity index (χ1v) is 9.48. The largest absolute Gasteiger partial charge is 0.489 e. The zero-order valence-corrected chi connectivity index (χ0v) is 16.2. The van der Waals surface area contributed by atoms with Gasteiger partial charge in [-0.1, -0.05) is 65.7 Å². The van der Waals surface area contributed by atoms with Gasteiger partial charge < -0.3 is 10.1 Å². The molecule has 1 N–H and O–H groups in total. The van der Waals surface area contributed by atoms with Crippen molar-refractivity contribution in [2.24, 2.45) is 0 Å². The second kappa shape index (κ2) is 9.75. The summed E-state index contributed by atoms with van der Waals surface area (Å²) in [7, 11) is 0. The molecule has 0 aliphatic rings. The normalized spacial score (nSPS) is 10.8. The van der Waals surface area contributed by atoms with Gasteiger partial charge in [0.15, 0.2) is 0 Å². The van der Waals surface area contributed by atoms with Gasteiger partial charge in [-0.2, -0.15) is 0 Å². The molecule has 2 nitrogen and oxygen atoms in total. The quantitative estimate of drug-likeness (QED) is 0.462. The van der Waals surface area contributed by atoms with Gasteiger partial charge in [-0.25, -0.2) is 4.39 Å². The highest BCUT2D eigenvalue weighted by atomic mass is 35.5. The third-order valence-electron chi connectivity index (χ3n) is 4.20. The molecule has 27 heavy (non-hydrogen) atoms. The van der Waals surface area contributed by atoms with Crippen LogP contribution < -0.4 is 10.1 Å². The summed E-state index contributed by atoms with van der Waals surface area (Å²) in [5.41, 5.74) is 2.71. The number of hydrogen-bond acceptors (Lipinski definition) is 2. The second-order valence-corrected chi connectivity index (χ2v) is 6.98. The lowest BCUT2D eigenvalue weighted by Crippen LogP contribution is -2.17. The Morgan fingerprint density at radius 1 is 0.852 bits per heavy atom. The topological polar surface area (TPSA) is 21.3 Å². The van der Waals surface area contributed by atoms with E-state index in [1.165, 1.54) is 6.07 Å². The Hall–Kier alpha value is -2.07. The Morgan fingerprint density at radius 2 is 1.59 bits per heavy atom. The molecule has 0 aliphatic heterocycles. The molecule has 3 aromatic carbocycles. The van der Waals surface area contributed by atoms with Gasteiger partial charge in [0, 0.05) is 12.1 Å². The van der Waals surface area contributed by atoms with Crippen molar-refractivity contribution in [1.82, 2.24) is 5.32 Å². The molecule has 0 saturated heterocycles. The molecule has 5 heteroatoms. The number of para-hydroxylation sites is 1. The average molecular weight is 404 g/mol. The third kappa shape index (κ3) is 5.70. The van der Waals surface area contributed by atoms with Crippen molar-refractivity contribution in [3.63, 3.8) is 0 Å². The van der Waals surface area contributed by atoms with Gasteiger partial charge in [-0.05, 0) is 48.4 Å². The van der Waals surface area contributed by atoms with Crippen LogP contribution in [0.1, 0.15) is 16.7 Å². The number of rotatable bonds is 8. The van der Waals surface area contributed by atoms with E-state index in [1.54, 1.807) is 18.2 Å². The summed E-state index contributed by atoms with van der Waals surface area (Å²) in [5, 5.41) is 4.39. The van der Waals surface area contributed by atoms with E-state index in [-0.39, 0.29) is 5.82 Å². The van der Waals surface area contributed by atoms with E-state index in [1.807, 2.05) is 42.5 Å². The van der Waals surface area contributed by atoms with E-state index in [9.17, 15) is 4.39 Å². The van der Waals surface area contributed by atoms with Crippen LogP contribution in [0.5, 0.6) is 5.75 Å². The zero-order valence-electron chi connectivity index (χ0n) is 14.7. The predicted octanol–water partition coefficient (Wildman–Crippen LogP) is 6.04. The smallest absolute Gasteiger partial charge is 0.126 e. The first-order valence-electron chi connectivity index (χ1n) is 8.72. The number of halogens is 3. The summed E-state index contributed by atoms with van der Waals surface area (Å²) >= 11 is 12.0. The summed E-state index contributed by atoms with van der Waals surface area (Å²) in [6.07, 6.45) is 0.638. The van der Waals surface area contributed by atoms with Crippen molar-refractivity contribution in [1.29, 1.82) is 0 Å². The highest BCUT2D eigenvalue weighted by Gasteiger charge is 2.06. The van der Waals surface area contributed by atoms with Crippen molar-refractivity contribution in [2.75, 3.05) is 6.54 Å². The number of hydrogen-bond donors (Lipinski definition) is 1. The Balaban J connectivity index is 1.54. The maximum absolute atomic E-state index is 13.7. The summed E-state index contributed by atoms with van der Waals surface area (Å²) in [6, 6.07) is 20.2. The highest BCUT2D eigenvalue weighted by Crippen LogP contribution is 2.24. The van der Waals surface area contributed by atoms with Crippen LogP contribution in [-0.4, -0.2) is 6.54 Å². The van der Waals surface area contributed by atoms with E-state index in [0.29, 0.717) is 41.7 Å². The summed E-state index contributed by atoms with van der Waals surface area (Å²) < 4.78 is 19.6. The van der Waals surface area contributed by atoms with Crippen LogP contribution in [0.25, 0.3) is 0 Å². The minimum absolute atomic E-state index is 0.162. The monoisotopic (exact) mass is 403 g/mol. The van der Waals surface area contributed by atoms with Gasteiger partial charge in [-0.15, -0.1) is 0 Å². The number of benzene rings is 3. The van der Waals surface area contributed by atoms with Gasteiger partial charge in [0.25, 0.3) is 0 Å². The van der Waals surface area contributed by atoms with Gasteiger partial charge in [0.05, 0.1) is 10.0 Å². The maximum Gasteiger partial charge on any atom is 0.126 e. The van der Waals surface area contributed by atoms with Crippen molar-refractivity contribution >= 4 is 23.2 Å². The third-order valence-corrected chi connectivity index (χ3v) is 4.93. The van der Waals surface area contributed by atoms with Crippen molar-refractivity contribution in [2.45, 2.75) is 19.6 Å². The van der Waals surface area contributed by atoms with Gasteiger partial charge >= 0.3 is 0 Å². The summed E-state index contributed by atoms with van der Waals surface area (Å²) in [5.74, 6) is 0.645. The number of ether oxygens (including phenoxy) is 1. The lowest BCUT2D eigenvalue weighted by molar-refractivity contribution is 0.302. The van der Waals surface area contributed by atoms with E-state index < -0.39 is 0 Å². The molecule has 3 aromatic rings. The molecular weight excluding hydrogens is 384 g/mol. The first-order chi connectivity index (χ1) is 13.1. The van der Waals surface area contributed by atoms with E-state index >= 15 is 0 Å². The Bertz CT molecular complexity index is 901. The van der Waals surface area contributed by atoms with Crippen LogP contribution in [0.4, 0.5) is 4.39 Å². The molecular formula is C22H20Cl2FNO. The van der Waals surface area contributed by atoms with Crippen molar-refractivity contribution in [3.8, 4) is 5.75 Å². The van der Waals surface area contributed by atoms with E-state index in [0.717, 1.165) is 16.9 Å². The van der Waals surface area contributed by atoms with Crippen LogP contribution >= 0.6 is 23.2 Å². The fraction of sp³-hybridized carbons (Fsp3) is 0.182. The lowest BCUT2D eigenvalue weighted by Gasteiger charge is -2.13. The Labute approximate surface area is 168 Å². The molecule has 0 saturated carbocycles. The van der Waals surface area contributed by atoms with Crippen LogP contribution in [0.3, 0.4) is 0 Å². The number of nitrogens with one attached hydrogen (secondary N) is 1. The maximum atomic E-state index is 13.7. The zero-order chi connectivity index (χ0) is 19.1. The second-order valence-electron chi connectivity index (χ2n) is 6.16. The Kier molecular flexibility index (Phi) is 7.11. The highest BCUT2D eigenvalue weighted by molar-refractivity contribution is 6.42. The lowest BCUT2D eigenvalue weighted by atomic mass is 10.1. The molecule has 140 valence electrons. The molecule has 0 aliphatic carbocycles. The van der Waals surface area contributed by atoms with Gasteiger partial charge in [0.2, 0.25) is 0 Å². The minimum Gasteiger partial charge on any atom is -0.489 e. The molecule has 0 fully saturated rings. The molecule has 0 amide bonds. The SMILES string of the molecule is Fc1ccccc1CCNCc1ccccc1OCc1ccc(Cl)c(Cl)c1. The van der Waals surface area contributed by atoms with E-state index in [4.69, 9.17) is 27.9 Å². The minimum atomic E-state index is -0.162. The van der Waals surface area contributed by atoms with Crippen LogP contribution in [0.15, 0.2) is 66.7 Å². The molecule has 0 heterocycles. The summed E-state index contributed by atoms with van der Waals surface area (Å²) in [6.45, 7) is 1.73. The molecule has 0 radical (unpaired) electrons. The molecule has 0 atom stereocenters. The van der Waals surface area contributed by atoms with Crippen LogP contribution in [0, 0.1) is 5.82 Å². The predicted molar refractivity (Wildman–Crippen MR) is 109 cm³/mol. The molecule has 0 spiro atoms. The fourth-order valence-corrected chi connectivity index (χ4v) is 3.05. The fourth-order valence-electron chi connectivity index (χ4n) is 2.73. The van der Waals surface area contributed by atoms with E-state index in [2.05, 4.69) is 5.32 Å². The average Bonchev–Trinajstić information content (AvgIpc) is 2.68. The Morgan fingerprint density at radius 3 is 2.37 bits per heavy atom. The molecule has 3 rings (SSSR count). The first kappa shape index (κ1) is 19.7. The molecule has 0 unspecified atom stereocenters. The van der Waals surface area contributed by atoms with Gasteiger partial charge in [0.1, 0.15) is 18.2 Å². The molecule has 0 bridgehead atoms. The molecule has 0 aromatic heterocycles. The van der Waals surface area contributed by atoms with Crippen LogP contribution in [0.2, 0.25) is 10.0 Å². The van der Waals surface area contributed by atoms with Crippen LogP contribution in [-0.2, 0) is 19.6 Å². The standard InChI is InChI=1S/C22H20Cl2FNO/c23-19-10-9-16(13-20(19)24)15-27-22-8-4-2-6-18(22)14-26-12-11-17-5-1-3-7-21(17)25/h1-10,13,26H,11-12,14-15H2. The van der Waals surface area contributed by atoms with Crippen molar-refractivity contribution in [3.05, 3.63) is 99.3 Å². The summed E-state index contributed by atoms with van der Waals surface area (Å²) in [4.78, 5) is 0. The van der Waals surface area contributed by atoms with Crippen molar-refractivity contribution < 1.29 is 9.13 Å². The van der Waals surface area contributed by atoms with Gasteiger partial charge in [-0.3, -0.25) is 0 Å².